The van der Waals surface area contributed by atoms with Gasteiger partial charge in [-0.2, -0.15) is 0 Å². The second-order valence-electron chi connectivity index (χ2n) is 7.08. The molecule has 0 amide bonds. The van der Waals surface area contributed by atoms with Crippen LogP contribution in [-0.2, 0) is 4.74 Å². The number of nitrogens with zero attached hydrogens (tertiary/aromatic N) is 1. The number of fused-ring (bicyclic) bond motifs is 1. The number of benzene rings is 1. The van der Waals surface area contributed by atoms with Gasteiger partial charge in [0.1, 0.15) is 0 Å². The van der Waals surface area contributed by atoms with Crippen LogP contribution in [-0.4, -0.2) is 32.8 Å². The van der Waals surface area contributed by atoms with E-state index in [1.165, 1.54) is 23.4 Å². The first-order valence-electron chi connectivity index (χ1n) is 7.57. The van der Waals surface area contributed by atoms with Crippen LogP contribution >= 0.6 is 0 Å². The molecule has 0 bridgehead atoms. The zero-order chi connectivity index (χ0) is 14.5. The minimum atomic E-state index is 0.227. The van der Waals surface area contributed by atoms with Gasteiger partial charge in [0.15, 0.2) is 0 Å². The van der Waals surface area contributed by atoms with Crippen molar-refractivity contribution in [3.8, 4) is 0 Å². The molecule has 1 aliphatic heterocycles. The van der Waals surface area contributed by atoms with Gasteiger partial charge in [-0.1, -0.05) is 19.9 Å². The molecular formula is C17H26N2O. The van der Waals surface area contributed by atoms with Crippen LogP contribution < -0.4 is 10.2 Å². The summed E-state index contributed by atoms with van der Waals surface area (Å²) < 4.78 is 5.87. The summed E-state index contributed by atoms with van der Waals surface area (Å²) in [7, 11) is 4.19. The highest BCUT2D eigenvalue weighted by atomic mass is 16.5. The average Bonchev–Trinajstić information content (AvgIpc) is 2.84. The van der Waals surface area contributed by atoms with E-state index in [9.17, 15) is 0 Å². The number of anilines is 2. The summed E-state index contributed by atoms with van der Waals surface area (Å²) in [6.07, 6.45) is 1.64. The van der Waals surface area contributed by atoms with Crippen LogP contribution in [0.4, 0.5) is 11.4 Å². The number of ether oxygens (including phenoxy) is 1. The number of nitrogens with one attached hydrogen (secondary N) is 1. The van der Waals surface area contributed by atoms with Gasteiger partial charge in [0.05, 0.1) is 6.10 Å². The molecule has 1 saturated heterocycles. The molecule has 1 N–H and O–H groups in total. The van der Waals surface area contributed by atoms with Gasteiger partial charge in [0.2, 0.25) is 0 Å². The van der Waals surface area contributed by atoms with E-state index in [0.717, 1.165) is 6.61 Å². The van der Waals surface area contributed by atoms with Crippen LogP contribution in [0, 0.1) is 18.3 Å². The van der Waals surface area contributed by atoms with E-state index >= 15 is 0 Å². The lowest BCUT2D eigenvalue weighted by atomic mass is 9.57. The summed E-state index contributed by atoms with van der Waals surface area (Å²) in [6.45, 7) is 7.72. The van der Waals surface area contributed by atoms with Crippen molar-refractivity contribution in [3.05, 3.63) is 23.8 Å². The molecule has 0 spiro atoms. The molecule has 20 heavy (non-hydrogen) atoms. The lowest BCUT2D eigenvalue weighted by molar-refractivity contribution is -0.0923. The topological polar surface area (TPSA) is 24.5 Å². The van der Waals surface area contributed by atoms with E-state index in [0.29, 0.717) is 18.1 Å². The molecule has 1 saturated carbocycles. The Balaban J connectivity index is 1.80. The normalized spacial score (nSPS) is 30.6. The maximum atomic E-state index is 5.87. The second kappa shape index (κ2) is 4.66. The molecule has 3 rings (SSSR count). The van der Waals surface area contributed by atoms with Gasteiger partial charge in [-0.15, -0.1) is 0 Å². The van der Waals surface area contributed by atoms with Crippen LogP contribution in [0.3, 0.4) is 0 Å². The summed E-state index contributed by atoms with van der Waals surface area (Å²) in [5, 5.41) is 3.76. The van der Waals surface area contributed by atoms with E-state index < -0.39 is 0 Å². The van der Waals surface area contributed by atoms with Crippen molar-refractivity contribution in [2.45, 2.75) is 39.3 Å². The largest absolute Gasteiger partial charge is 0.381 e. The molecule has 110 valence electrons. The van der Waals surface area contributed by atoms with Gasteiger partial charge in [-0.25, -0.2) is 0 Å². The summed E-state index contributed by atoms with van der Waals surface area (Å²) in [5.74, 6) is 0.675. The third-order valence-corrected chi connectivity index (χ3v) is 5.11. The molecule has 3 atom stereocenters. The molecule has 1 aromatic carbocycles. The molecule has 2 aliphatic rings. The van der Waals surface area contributed by atoms with Crippen LogP contribution in [0.5, 0.6) is 0 Å². The molecule has 3 unspecified atom stereocenters. The predicted octanol–water partition coefficient (Wildman–Crippen LogP) is 3.29. The smallest absolute Gasteiger partial charge is 0.0694 e. The standard InChI is InChI=1S/C17H26N2O/c1-11-6-7-12(10-14(11)19(4)5)18-15-13-8-9-20-16(13)17(15,2)3/h6-7,10,13,15-16,18H,8-9H2,1-5H3. The van der Waals surface area contributed by atoms with Gasteiger partial charge < -0.3 is 15.0 Å². The Morgan fingerprint density at radius 2 is 2.05 bits per heavy atom. The lowest BCUT2D eigenvalue weighted by Crippen LogP contribution is -2.63. The van der Waals surface area contributed by atoms with Crippen LogP contribution in [0.15, 0.2) is 18.2 Å². The first-order valence-corrected chi connectivity index (χ1v) is 7.57. The number of hydrogen-bond acceptors (Lipinski definition) is 3. The van der Waals surface area contributed by atoms with Crippen molar-refractivity contribution >= 4 is 11.4 Å². The van der Waals surface area contributed by atoms with Gasteiger partial charge >= 0.3 is 0 Å². The summed E-state index contributed by atoms with van der Waals surface area (Å²) in [6, 6.07) is 7.18. The Hall–Kier alpha value is -1.22. The van der Waals surface area contributed by atoms with E-state index in [-0.39, 0.29) is 5.41 Å². The molecule has 0 radical (unpaired) electrons. The van der Waals surface area contributed by atoms with E-state index in [1.807, 2.05) is 0 Å². The zero-order valence-corrected chi connectivity index (χ0v) is 13.2. The average molecular weight is 274 g/mol. The van der Waals surface area contributed by atoms with Gasteiger partial charge in [0.25, 0.3) is 0 Å². The molecule has 1 aliphatic carbocycles. The molecule has 3 nitrogen and oxygen atoms in total. The predicted molar refractivity (Wildman–Crippen MR) is 84.5 cm³/mol. The zero-order valence-electron chi connectivity index (χ0n) is 13.2. The maximum Gasteiger partial charge on any atom is 0.0694 e. The van der Waals surface area contributed by atoms with E-state index in [4.69, 9.17) is 4.74 Å². The fourth-order valence-electron chi connectivity index (χ4n) is 3.98. The molecular weight excluding hydrogens is 248 g/mol. The van der Waals surface area contributed by atoms with E-state index in [2.05, 4.69) is 63.3 Å². The van der Waals surface area contributed by atoms with Crippen LogP contribution in [0.2, 0.25) is 0 Å². The van der Waals surface area contributed by atoms with Crippen molar-refractivity contribution in [2.24, 2.45) is 11.3 Å². The first-order chi connectivity index (χ1) is 9.41. The Morgan fingerprint density at radius 3 is 2.75 bits per heavy atom. The quantitative estimate of drug-likeness (QED) is 0.915. The Kier molecular flexibility index (Phi) is 3.20. The molecule has 1 heterocycles. The van der Waals surface area contributed by atoms with Crippen molar-refractivity contribution in [1.82, 2.24) is 0 Å². The monoisotopic (exact) mass is 274 g/mol. The van der Waals surface area contributed by atoms with Gasteiger partial charge in [0, 0.05) is 49.5 Å². The van der Waals surface area contributed by atoms with Crippen molar-refractivity contribution in [2.75, 3.05) is 30.9 Å². The van der Waals surface area contributed by atoms with Gasteiger partial charge in [-0.3, -0.25) is 0 Å². The minimum Gasteiger partial charge on any atom is -0.381 e. The van der Waals surface area contributed by atoms with Crippen LogP contribution in [0.1, 0.15) is 25.8 Å². The fourth-order valence-corrected chi connectivity index (χ4v) is 3.98. The Labute approximate surface area is 122 Å². The highest BCUT2D eigenvalue weighted by molar-refractivity contribution is 5.62. The number of aryl methyl sites for hydroxylation is 1. The Morgan fingerprint density at radius 1 is 1.30 bits per heavy atom. The summed E-state index contributed by atoms with van der Waals surface area (Å²) in [4.78, 5) is 2.17. The first kappa shape index (κ1) is 13.7. The van der Waals surface area contributed by atoms with Gasteiger partial charge in [-0.05, 0) is 31.0 Å². The Bertz CT molecular complexity index is 510. The lowest BCUT2D eigenvalue weighted by Gasteiger charge is -2.55. The highest BCUT2D eigenvalue weighted by Gasteiger charge is 2.59. The molecule has 2 fully saturated rings. The molecule has 0 aromatic heterocycles. The SMILES string of the molecule is Cc1ccc(NC2C3CCOC3C2(C)C)cc1N(C)C. The van der Waals surface area contributed by atoms with Crippen molar-refractivity contribution in [1.29, 1.82) is 0 Å². The fraction of sp³-hybridized carbons (Fsp3) is 0.647. The maximum absolute atomic E-state index is 5.87. The molecule has 3 heteroatoms. The van der Waals surface area contributed by atoms with Crippen molar-refractivity contribution in [3.63, 3.8) is 0 Å². The highest BCUT2D eigenvalue weighted by Crippen LogP contribution is 2.53. The third kappa shape index (κ3) is 1.99. The van der Waals surface area contributed by atoms with Crippen molar-refractivity contribution < 1.29 is 4.74 Å². The third-order valence-electron chi connectivity index (χ3n) is 5.11. The van der Waals surface area contributed by atoms with Crippen LogP contribution in [0.25, 0.3) is 0 Å². The second-order valence-corrected chi connectivity index (χ2v) is 7.08. The minimum absolute atomic E-state index is 0.227. The van der Waals surface area contributed by atoms with E-state index in [1.54, 1.807) is 0 Å². The summed E-state index contributed by atoms with van der Waals surface area (Å²) >= 11 is 0. The molecule has 1 aromatic rings. The summed E-state index contributed by atoms with van der Waals surface area (Å²) in [5.41, 5.74) is 4.05. The number of hydrogen-bond donors (Lipinski definition) is 1. The number of rotatable bonds is 3.